The number of aromatic nitrogens is 2. The van der Waals surface area contributed by atoms with Crippen molar-refractivity contribution in [1.82, 2.24) is 9.38 Å². The Morgan fingerprint density at radius 2 is 2.42 bits per heavy atom. The Morgan fingerprint density at radius 1 is 1.58 bits per heavy atom. The molecule has 0 saturated heterocycles. The largest absolute Gasteiger partial charge is 0.386 e. The summed E-state index contributed by atoms with van der Waals surface area (Å²) in [4.78, 5) is 4.21. The first-order valence-corrected chi connectivity index (χ1v) is 4.69. The summed E-state index contributed by atoms with van der Waals surface area (Å²) >= 11 is 2.23. The maximum Gasteiger partial charge on any atom is 0.129 e. The Labute approximate surface area is 83.9 Å². The highest BCUT2D eigenvalue weighted by atomic mass is 127. The first-order chi connectivity index (χ1) is 5.83. The lowest BCUT2D eigenvalue weighted by atomic mass is 10.3. The van der Waals surface area contributed by atoms with Crippen LogP contribution in [0, 0.1) is 3.70 Å². The lowest BCUT2D eigenvalue weighted by Crippen LogP contribution is -1.92. The maximum atomic E-state index is 4.21. The van der Waals surface area contributed by atoms with Crippen LogP contribution in [0.25, 0.3) is 5.52 Å². The number of halogens is 1. The fraction of sp³-hybridized carbons (Fsp3) is 0.125. The van der Waals surface area contributed by atoms with Crippen molar-refractivity contribution in [2.75, 3.05) is 12.4 Å². The molecule has 62 valence electrons. The van der Waals surface area contributed by atoms with Crippen LogP contribution in [-0.4, -0.2) is 16.4 Å². The van der Waals surface area contributed by atoms with Crippen LogP contribution in [0.4, 0.5) is 5.69 Å². The molecule has 12 heavy (non-hydrogen) atoms. The molecule has 0 unspecified atom stereocenters. The van der Waals surface area contributed by atoms with Crippen LogP contribution in [0.1, 0.15) is 0 Å². The molecule has 0 aliphatic heterocycles. The number of pyridine rings is 1. The van der Waals surface area contributed by atoms with Crippen LogP contribution in [0.3, 0.4) is 0 Å². The molecule has 0 atom stereocenters. The topological polar surface area (TPSA) is 29.3 Å². The van der Waals surface area contributed by atoms with Crippen molar-refractivity contribution in [3.63, 3.8) is 0 Å². The number of fused-ring (bicyclic) bond motifs is 1. The third-order valence-electron chi connectivity index (χ3n) is 1.78. The summed E-state index contributed by atoms with van der Waals surface area (Å²) < 4.78 is 3.03. The molecule has 0 aliphatic rings. The van der Waals surface area contributed by atoms with Crippen molar-refractivity contribution in [2.24, 2.45) is 0 Å². The molecule has 0 aromatic carbocycles. The minimum absolute atomic E-state index is 1.03. The molecule has 0 radical (unpaired) electrons. The highest BCUT2D eigenvalue weighted by molar-refractivity contribution is 14.1. The summed E-state index contributed by atoms with van der Waals surface area (Å²) in [7, 11) is 1.92. The Hall–Kier alpha value is -0.780. The summed E-state index contributed by atoms with van der Waals surface area (Å²) in [6.07, 6.45) is 3.81. The second kappa shape index (κ2) is 2.93. The average Bonchev–Trinajstić information content (AvgIpc) is 2.48. The van der Waals surface area contributed by atoms with E-state index in [1.165, 1.54) is 0 Å². The third kappa shape index (κ3) is 1.06. The van der Waals surface area contributed by atoms with Gasteiger partial charge in [-0.15, -0.1) is 0 Å². The van der Waals surface area contributed by atoms with Gasteiger partial charge in [-0.3, -0.25) is 0 Å². The van der Waals surface area contributed by atoms with Gasteiger partial charge in [-0.25, -0.2) is 4.98 Å². The smallest absolute Gasteiger partial charge is 0.129 e. The van der Waals surface area contributed by atoms with E-state index in [0.717, 1.165) is 14.9 Å². The first kappa shape index (κ1) is 7.85. The average molecular weight is 273 g/mol. The molecule has 0 aliphatic carbocycles. The Bertz CT molecular complexity index is 408. The molecule has 0 amide bonds. The van der Waals surface area contributed by atoms with Gasteiger partial charge >= 0.3 is 0 Å². The van der Waals surface area contributed by atoms with Crippen molar-refractivity contribution in [3.8, 4) is 0 Å². The molecule has 3 nitrogen and oxygen atoms in total. The number of rotatable bonds is 1. The molecule has 1 N–H and O–H groups in total. The maximum absolute atomic E-state index is 4.21. The summed E-state index contributed by atoms with van der Waals surface area (Å²) in [5.41, 5.74) is 2.25. The zero-order valence-electron chi connectivity index (χ0n) is 6.58. The van der Waals surface area contributed by atoms with Crippen LogP contribution >= 0.6 is 22.6 Å². The van der Waals surface area contributed by atoms with Crippen LogP contribution in [-0.2, 0) is 0 Å². The second-order valence-electron chi connectivity index (χ2n) is 2.46. The number of imidazole rings is 1. The lowest BCUT2D eigenvalue weighted by Gasteiger charge is -2.02. The van der Waals surface area contributed by atoms with E-state index in [2.05, 4.69) is 32.9 Å². The molecule has 0 saturated carbocycles. The molecule has 2 aromatic rings. The van der Waals surface area contributed by atoms with E-state index in [4.69, 9.17) is 0 Å². The van der Waals surface area contributed by atoms with Gasteiger partial charge in [-0.2, -0.15) is 0 Å². The van der Waals surface area contributed by atoms with Gasteiger partial charge in [0.1, 0.15) is 15.5 Å². The molecule has 2 rings (SSSR count). The van der Waals surface area contributed by atoms with E-state index >= 15 is 0 Å². The van der Waals surface area contributed by atoms with Crippen LogP contribution in [0.5, 0.6) is 0 Å². The van der Waals surface area contributed by atoms with E-state index in [1.807, 2.05) is 36.1 Å². The minimum atomic E-state index is 1.03. The number of nitrogens with zero attached hydrogens (tertiary/aromatic N) is 2. The summed E-state index contributed by atoms with van der Waals surface area (Å²) in [6, 6.07) is 4.04. The molecule has 0 bridgehead atoms. The quantitative estimate of drug-likeness (QED) is 0.805. The van der Waals surface area contributed by atoms with Crippen LogP contribution in [0.15, 0.2) is 24.7 Å². The van der Waals surface area contributed by atoms with Gasteiger partial charge in [-0.05, 0) is 34.7 Å². The molecule has 0 spiro atoms. The van der Waals surface area contributed by atoms with Crippen molar-refractivity contribution < 1.29 is 0 Å². The predicted octanol–water partition coefficient (Wildman–Crippen LogP) is 1.98. The zero-order valence-corrected chi connectivity index (χ0v) is 8.74. The summed E-state index contributed by atoms with van der Waals surface area (Å²) in [6.45, 7) is 0. The number of nitrogens with one attached hydrogen (secondary N) is 1. The highest BCUT2D eigenvalue weighted by Gasteiger charge is 2.03. The van der Waals surface area contributed by atoms with E-state index < -0.39 is 0 Å². The fourth-order valence-electron chi connectivity index (χ4n) is 1.21. The van der Waals surface area contributed by atoms with Crippen molar-refractivity contribution in [1.29, 1.82) is 0 Å². The molecule has 2 heterocycles. The lowest BCUT2D eigenvalue weighted by molar-refractivity contribution is 1.15. The van der Waals surface area contributed by atoms with Gasteiger partial charge in [0.25, 0.3) is 0 Å². The van der Waals surface area contributed by atoms with Gasteiger partial charge in [0.05, 0.1) is 5.69 Å². The monoisotopic (exact) mass is 273 g/mol. The normalized spacial score (nSPS) is 10.5. The number of hydrogen-bond acceptors (Lipinski definition) is 2. The van der Waals surface area contributed by atoms with E-state index in [1.54, 1.807) is 0 Å². The summed E-state index contributed by atoms with van der Waals surface area (Å²) in [5.74, 6) is 0. The zero-order chi connectivity index (χ0) is 8.55. The fourth-order valence-corrected chi connectivity index (χ4v) is 1.91. The predicted molar refractivity (Wildman–Crippen MR) is 57.5 cm³/mol. The molecular weight excluding hydrogens is 265 g/mol. The number of hydrogen-bond donors (Lipinski definition) is 1. The van der Waals surface area contributed by atoms with Gasteiger partial charge in [0, 0.05) is 13.2 Å². The van der Waals surface area contributed by atoms with Gasteiger partial charge < -0.3 is 9.72 Å². The summed E-state index contributed by atoms with van der Waals surface area (Å²) in [5, 5.41) is 3.13. The van der Waals surface area contributed by atoms with E-state index in [0.29, 0.717) is 0 Å². The molecule has 0 fully saturated rings. The molecular formula is C8H8IN3. The van der Waals surface area contributed by atoms with Crippen LogP contribution < -0.4 is 5.32 Å². The van der Waals surface area contributed by atoms with Crippen molar-refractivity contribution >= 4 is 33.8 Å². The minimum Gasteiger partial charge on any atom is -0.386 e. The Balaban J connectivity index is 2.84. The van der Waals surface area contributed by atoms with E-state index in [-0.39, 0.29) is 0 Å². The second-order valence-corrected chi connectivity index (χ2v) is 3.48. The van der Waals surface area contributed by atoms with Crippen LogP contribution in [0.2, 0.25) is 0 Å². The first-order valence-electron chi connectivity index (χ1n) is 3.62. The van der Waals surface area contributed by atoms with E-state index in [9.17, 15) is 0 Å². The molecule has 2 aromatic heterocycles. The van der Waals surface area contributed by atoms with Gasteiger partial charge in [0.15, 0.2) is 0 Å². The van der Waals surface area contributed by atoms with Gasteiger partial charge in [0.2, 0.25) is 0 Å². The molecule has 4 heteroatoms. The van der Waals surface area contributed by atoms with Crippen molar-refractivity contribution in [3.05, 3.63) is 28.4 Å². The SMILES string of the molecule is CNc1cccn2cnc(I)c12. The van der Waals surface area contributed by atoms with Crippen molar-refractivity contribution in [2.45, 2.75) is 0 Å². The standard InChI is InChI=1S/C8H8IN3/c1-10-6-3-2-4-12-5-11-8(9)7(6)12/h2-5,10H,1H3. The Kier molecular flexibility index (Phi) is 1.92. The number of anilines is 1. The Morgan fingerprint density at radius 3 is 3.17 bits per heavy atom. The highest BCUT2D eigenvalue weighted by Crippen LogP contribution is 2.20. The van der Waals surface area contributed by atoms with Gasteiger partial charge in [-0.1, -0.05) is 0 Å². The third-order valence-corrected chi connectivity index (χ3v) is 2.57.